The van der Waals surface area contributed by atoms with Crippen LogP contribution in [-0.4, -0.2) is 12.0 Å². The summed E-state index contributed by atoms with van der Waals surface area (Å²) in [5.41, 5.74) is 6.50. The minimum atomic E-state index is 0.170. The lowest BCUT2D eigenvalue weighted by molar-refractivity contribution is 0.833. The molecule has 0 bridgehead atoms. The molecule has 1 aromatic carbocycles. The van der Waals surface area contributed by atoms with E-state index in [9.17, 15) is 0 Å². The summed E-state index contributed by atoms with van der Waals surface area (Å²) < 4.78 is 0.856. The van der Waals surface area contributed by atoms with Gasteiger partial charge < -0.3 is 11.1 Å². The number of anilines is 1. The lowest BCUT2D eigenvalue weighted by Crippen LogP contribution is -2.23. The predicted octanol–water partition coefficient (Wildman–Crippen LogP) is 3.24. The van der Waals surface area contributed by atoms with Crippen LogP contribution >= 0.6 is 27.5 Å². The van der Waals surface area contributed by atoms with Gasteiger partial charge in [-0.15, -0.1) is 0 Å². The van der Waals surface area contributed by atoms with Crippen LogP contribution in [0.5, 0.6) is 0 Å². The molecule has 0 fully saturated rings. The van der Waals surface area contributed by atoms with E-state index in [1.165, 1.54) is 0 Å². The van der Waals surface area contributed by atoms with Crippen molar-refractivity contribution in [2.75, 3.05) is 5.32 Å². The summed E-state index contributed by atoms with van der Waals surface area (Å²) in [4.78, 5) is 4.15. The Hall–Kier alpha value is -0.740. The van der Waals surface area contributed by atoms with E-state index < -0.39 is 0 Å². The molecule has 0 aliphatic rings. The van der Waals surface area contributed by atoms with Crippen molar-refractivity contribution in [3.8, 4) is 0 Å². The minimum Gasteiger partial charge on any atom is -0.370 e. The fourth-order valence-corrected chi connectivity index (χ4v) is 1.46. The molecule has 3 N–H and O–H groups in total. The van der Waals surface area contributed by atoms with Crippen LogP contribution < -0.4 is 11.1 Å². The van der Waals surface area contributed by atoms with Gasteiger partial charge in [0, 0.05) is 16.2 Å². The number of halogens is 2. The molecule has 0 saturated carbocycles. The predicted molar refractivity (Wildman–Crippen MR) is 69.5 cm³/mol. The van der Waals surface area contributed by atoms with E-state index in [0.717, 1.165) is 10.2 Å². The van der Waals surface area contributed by atoms with E-state index in [-0.39, 0.29) is 6.04 Å². The summed E-state index contributed by atoms with van der Waals surface area (Å²) in [6.07, 6.45) is 0. The van der Waals surface area contributed by atoms with Crippen molar-refractivity contribution < 1.29 is 0 Å². The smallest absolute Gasteiger partial charge is 0.193 e. The number of aliphatic imine (C=N–C) groups is 1. The first-order valence-electron chi connectivity index (χ1n) is 4.54. The first kappa shape index (κ1) is 12.3. The number of hydrogen-bond acceptors (Lipinski definition) is 1. The molecule has 0 saturated heterocycles. The Morgan fingerprint density at radius 2 is 2.20 bits per heavy atom. The number of nitrogens with one attached hydrogen (secondary N) is 1. The van der Waals surface area contributed by atoms with E-state index in [0.29, 0.717) is 11.0 Å². The zero-order valence-corrected chi connectivity index (χ0v) is 10.9. The zero-order valence-electron chi connectivity index (χ0n) is 8.59. The molecule has 1 rings (SSSR count). The van der Waals surface area contributed by atoms with Crippen molar-refractivity contribution in [3.05, 3.63) is 27.7 Å². The van der Waals surface area contributed by atoms with E-state index >= 15 is 0 Å². The highest BCUT2D eigenvalue weighted by atomic mass is 79.9. The fourth-order valence-electron chi connectivity index (χ4n) is 1.03. The summed E-state index contributed by atoms with van der Waals surface area (Å²) in [5.74, 6) is 0.392. The van der Waals surface area contributed by atoms with E-state index in [1.807, 2.05) is 26.0 Å². The average Bonchev–Trinajstić information content (AvgIpc) is 2.10. The Morgan fingerprint density at radius 1 is 1.53 bits per heavy atom. The number of nitrogens with zero attached hydrogens (tertiary/aromatic N) is 1. The normalized spacial score (nSPS) is 11.9. The Labute approximate surface area is 103 Å². The molecule has 0 radical (unpaired) electrons. The van der Waals surface area contributed by atoms with Gasteiger partial charge in [-0.2, -0.15) is 0 Å². The number of guanidine groups is 1. The first-order valence-corrected chi connectivity index (χ1v) is 5.71. The third kappa shape index (κ3) is 4.10. The van der Waals surface area contributed by atoms with Gasteiger partial charge in [-0.25, -0.2) is 0 Å². The van der Waals surface area contributed by atoms with Crippen LogP contribution in [0.1, 0.15) is 13.8 Å². The number of benzene rings is 1. The van der Waals surface area contributed by atoms with Crippen molar-refractivity contribution in [2.24, 2.45) is 10.7 Å². The molecule has 0 aliphatic carbocycles. The largest absolute Gasteiger partial charge is 0.370 e. The molecule has 0 heterocycles. The molecule has 82 valence electrons. The Balaban J connectivity index is 2.77. The van der Waals surface area contributed by atoms with Crippen molar-refractivity contribution in [1.29, 1.82) is 0 Å². The van der Waals surface area contributed by atoms with Gasteiger partial charge >= 0.3 is 0 Å². The zero-order chi connectivity index (χ0) is 11.4. The molecule has 0 unspecified atom stereocenters. The van der Waals surface area contributed by atoms with Crippen LogP contribution in [0.4, 0.5) is 5.69 Å². The summed E-state index contributed by atoms with van der Waals surface area (Å²) >= 11 is 9.25. The van der Waals surface area contributed by atoms with E-state index in [1.54, 1.807) is 6.07 Å². The van der Waals surface area contributed by atoms with Gasteiger partial charge in [0.2, 0.25) is 0 Å². The van der Waals surface area contributed by atoms with Crippen LogP contribution in [-0.2, 0) is 0 Å². The second kappa shape index (κ2) is 5.37. The number of nitrogens with two attached hydrogens (primary N) is 1. The maximum absolute atomic E-state index is 5.94. The lowest BCUT2D eigenvalue weighted by Gasteiger charge is -2.07. The minimum absolute atomic E-state index is 0.170. The maximum atomic E-state index is 5.94. The molecule has 0 aliphatic heterocycles. The standard InChI is InChI=1S/C10H13BrClN3/c1-6(2)14-10(13)15-7-3-4-8(11)9(12)5-7/h3-6H,1-2H3,(H3,13,14,15). The van der Waals surface area contributed by atoms with Gasteiger partial charge in [0.15, 0.2) is 5.96 Å². The van der Waals surface area contributed by atoms with Crippen LogP contribution in [0.3, 0.4) is 0 Å². The highest BCUT2D eigenvalue weighted by molar-refractivity contribution is 9.10. The Morgan fingerprint density at radius 3 is 2.73 bits per heavy atom. The van der Waals surface area contributed by atoms with E-state index in [4.69, 9.17) is 17.3 Å². The van der Waals surface area contributed by atoms with Crippen LogP contribution in [0.2, 0.25) is 5.02 Å². The molecule has 1 aromatic rings. The molecule has 0 aromatic heterocycles. The second-order valence-electron chi connectivity index (χ2n) is 3.36. The Bertz CT molecular complexity index is 377. The van der Waals surface area contributed by atoms with Crippen molar-refractivity contribution >= 4 is 39.2 Å². The molecule has 3 nitrogen and oxygen atoms in total. The van der Waals surface area contributed by atoms with Crippen molar-refractivity contribution in [3.63, 3.8) is 0 Å². The fraction of sp³-hybridized carbons (Fsp3) is 0.300. The summed E-state index contributed by atoms with van der Waals surface area (Å²) in [6, 6.07) is 5.68. The van der Waals surface area contributed by atoms with Gasteiger partial charge in [-0.1, -0.05) is 11.6 Å². The van der Waals surface area contributed by atoms with Gasteiger partial charge in [0.05, 0.1) is 5.02 Å². The average molecular weight is 291 g/mol. The summed E-state index contributed by atoms with van der Waals surface area (Å²) in [6.45, 7) is 3.92. The second-order valence-corrected chi connectivity index (χ2v) is 4.62. The monoisotopic (exact) mass is 289 g/mol. The van der Waals surface area contributed by atoms with Gasteiger partial charge in [0.25, 0.3) is 0 Å². The molecule has 0 atom stereocenters. The quantitative estimate of drug-likeness (QED) is 0.649. The van der Waals surface area contributed by atoms with Gasteiger partial charge in [0.1, 0.15) is 0 Å². The molecular weight excluding hydrogens is 277 g/mol. The van der Waals surface area contributed by atoms with Crippen LogP contribution in [0.25, 0.3) is 0 Å². The highest BCUT2D eigenvalue weighted by Gasteiger charge is 2.00. The Kier molecular flexibility index (Phi) is 4.42. The molecule has 5 heteroatoms. The third-order valence-corrected chi connectivity index (χ3v) is 2.82. The molecule has 15 heavy (non-hydrogen) atoms. The van der Waals surface area contributed by atoms with Crippen molar-refractivity contribution in [1.82, 2.24) is 0 Å². The van der Waals surface area contributed by atoms with E-state index in [2.05, 4.69) is 26.2 Å². The third-order valence-electron chi connectivity index (χ3n) is 1.59. The van der Waals surface area contributed by atoms with Crippen molar-refractivity contribution in [2.45, 2.75) is 19.9 Å². The maximum Gasteiger partial charge on any atom is 0.193 e. The summed E-state index contributed by atoms with van der Waals surface area (Å²) in [5, 5.41) is 3.60. The topological polar surface area (TPSA) is 50.4 Å². The van der Waals surface area contributed by atoms with Gasteiger partial charge in [-0.3, -0.25) is 4.99 Å². The first-order chi connectivity index (χ1) is 6.99. The summed E-state index contributed by atoms with van der Waals surface area (Å²) in [7, 11) is 0. The molecular formula is C10H13BrClN3. The highest BCUT2D eigenvalue weighted by Crippen LogP contribution is 2.25. The van der Waals surface area contributed by atoms with Crippen LogP contribution in [0.15, 0.2) is 27.7 Å². The van der Waals surface area contributed by atoms with Gasteiger partial charge in [-0.05, 0) is 48.0 Å². The molecule has 0 spiro atoms. The SMILES string of the molecule is CC(C)N=C(N)Nc1ccc(Br)c(Cl)c1. The number of hydrogen-bond donors (Lipinski definition) is 2. The number of rotatable bonds is 2. The van der Waals surface area contributed by atoms with Crippen LogP contribution in [0, 0.1) is 0 Å². The molecule has 0 amide bonds. The lowest BCUT2D eigenvalue weighted by atomic mass is 10.3.